The fraction of sp³-hybridized carbons (Fsp3) is 1.00. The van der Waals surface area contributed by atoms with E-state index in [4.69, 9.17) is 4.55 Å². The van der Waals surface area contributed by atoms with Gasteiger partial charge in [0.05, 0.1) is 5.25 Å². The minimum Gasteiger partial charge on any atom is -0.320 e. The lowest BCUT2D eigenvalue weighted by Crippen LogP contribution is -2.21. The van der Waals surface area contributed by atoms with Crippen molar-refractivity contribution in [3.63, 3.8) is 0 Å². The van der Waals surface area contributed by atoms with Gasteiger partial charge >= 0.3 is 0 Å². The SMILES string of the molecule is CNCCC(C)S(=O)(=O)O. The second kappa shape index (κ2) is 3.90. The fourth-order valence-electron chi connectivity index (χ4n) is 0.497. The van der Waals surface area contributed by atoms with E-state index in [1.165, 1.54) is 6.92 Å². The molecule has 0 saturated heterocycles. The van der Waals surface area contributed by atoms with E-state index in [-0.39, 0.29) is 0 Å². The van der Waals surface area contributed by atoms with Gasteiger partial charge in [-0.05, 0) is 26.9 Å². The lowest BCUT2D eigenvalue weighted by Gasteiger charge is -2.05. The third-order valence-corrected chi connectivity index (χ3v) is 2.56. The van der Waals surface area contributed by atoms with Gasteiger partial charge in [-0.2, -0.15) is 8.42 Å². The van der Waals surface area contributed by atoms with E-state index < -0.39 is 15.4 Å². The quantitative estimate of drug-likeness (QED) is 0.572. The number of rotatable bonds is 4. The van der Waals surface area contributed by atoms with Gasteiger partial charge in [-0.15, -0.1) is 0 Å². The molecule has 10 heavy (non-hydrogen) atoms. The third-order valence-electron chi connectivity index (χ3n) is 1.31. The average Bonchev–Trinajstić information content (AvgIpc) is 1.80. The second-order valence-corrected chi connectivity index (χ2v) is 4.05. The van der Waals surface area contributed by atoms with E-state index in [2.05, 4.69) is 5.32 Å². The van der Waals surface area contributed by atoms with Gasteiger partial charge in [-0.3, -0.25) is 4.55 Å². The van der Waals surface area contributed by atoms with Crippen molar-refractivity contribution in [2.45, 2.75) is 18.6 Å². The van der Waals surface area contributed by atoms with Crippen molar-refractivity contribution < 1.29 is 13.0 Å². The molecule has 0 aliphatic carbocycles. The summed E-state index contributed by atoms with van der Waals surface area (Å²) >= 11 is 0. The molecule has 1 atom stereocenters. The Morgan fingerprint density at radius 3 is 2.40 bits per heavy atom. The molecule has 62 valence electrons. The fourth-order valence-corrected chi connectivity index (χ4v) is 0.912. The average molecular weight is 167 g/mol. The topological polar surface area (TPSA) is 66.4 Å². The highest BCUT2D eigenvalue weighted by atomic mass is 32.2. The maximum Gasteiger partial charge on any atom is 0.267 e. The molecule has 0 aromatic heterocycles. The summed E-state index contributed by atoms with van der Waals surface area (Å²) < 4.78 is 29.2. The van der Waals surface area contributed by atoms with E-state index in [1.807, 2.05) is 0 Å². The van der Waals surface area contributed by atoms with E-state index >= 15 is 0 Å². The first-order chi connectivity index (χ1) is 4.48. The zero-order chi connectivity index (χ0) is 8.20. The molecule has 0 fully saturated rings. The predicted molar refractivity (Wildman–Crippen MR) is 39.6 cm³/mol. The Bertz CT molecular complexity index is 175. The van der Waals surface area contributed by atoms with Crippen molar-refractivity contribution in [3.05, 3.63) is 0 Å². The van der Waals surface area contributed by atoms with E-state index in [0.717, 1.165) is 0 Å². The molecule has 0 aliphatic heterocycles. The van der Waals surface area contributed by atoms with Crippen molar-refractivity contribution in [2.24, 2.45) is 0 Å². The Morgan fingerprint density at radius 1 is 1.60 bits per heavy atom. The summed E-state index contributed by atoms with van der Waals surface area (Å²) in [5.41, 5.74) is 0. The van der Waals surface area contributed by atoms with Gasteiger partial charge in [0.25, 0.3) is 10.1 Å². The Balaban J connectivity index is 3.75. The van der Waals surface area contributed by atoms with Gasteiger partial charge < -0.3 is 5.32 Å². The van der Waals surface area contributed by atoms with Crippen LogP contribution in [0.4, 0.5) is 0 Å². The van der Waals surface area contributed by atoms with Crippen molar-refractivity contribution in [1.82, 2.24) is 5.32 Å². The standard InChI is InChI=1S/C5H13NO3S/c1-5(3-4-6-2)10(7,8)9/h5-6H,3-4H2,1-2H3,(H,7,8,9). The second-order valence-electron chi connectivity index (χ2n) is 2.22. The number of nitrogens with one attached hydrogen (secondary N) is 1. The van der Waals surface area contributed by atoms with Gasteiger partial charge in [0.15, 0.2) is 0 Å². The molecule has 0 aromatic carbocycles. The molecule has 0 amide bonds. The Labute approximate surface area is 61.4 Å². The van der Waals surface area contributed by atoms with Crippen LogP contribution in [0.25, 0.3) is 0 Å². The van der Waals surface area contributed by atoms with Crippen LogP contribution in [0.1, 0.15) is 13.3 Å². The molecule has 4 nitrogen and oxygen atoms in total. The van der Waals surface area contributed by atoms with Crippen molar-refractivity contribution >= 4 is 10.1 Å². The van der Waals surface area contributed by atoms with Crippen LogP contribution in [0, 0.1) is 0 Å². The summed E-state index contributed by atoms with van der Waals surface area (Å²) in [5.74, 6) is 0. The summed E-state index contributed by atoms with van der Waals surface area (Å²) in [6, 6.07) is 0. The van der Waals surface area contributed by atoms with Crippen LogP contribution in [0.2, 0.25) is 0 Å². The lowest BCUT2D eigenvalue weighted by molar-refractivity contribution is 0.465. The van der Waals surface area contributed by atoms with Gasteiger partial charge in [0.2, 0.25) is 0 Å². The van der Waals surface area contributed by atoms with Crippen LogP contribution in [0.3, 0.4) is 0 Å². The molecule has 0 aliphatic rings. The predicted octanol–water partition coefficient (Wildman–Crippen LogP) is -0.128. The molecule has 1 unspecified atom stereocenters. The first-order valence-corrected chi connectivity index (χ1v) is 4.59. The Kier molecular flexibility index (Phi) is 3.85. The molecule has 0 aromatic rings. The van der Waals surface area contributed by atoms with Crippen LogP contribution in [-0.4, -0.2) is 31.8 Å². The van der Waals surface area contributed by atoms with Crippen LogP contribution in [0.5, 0.6) is 0 Å². The molecule has 2 N–H and O–H groups in total. The van der Waals surface area contributed by atoms with E-state index in [9.17, 15) is 8.42 Å². The normalized spacial score (nSPS) is 15.1. The molecular weight excluding hydrogens is 154 g/mol. The molecule has 5 heteroatoms. The summed E-state index contributed by atoms with van der Waals surface area (Å²) in [6.07, 6.45) is 0.440. The first kappa shape index (κ1) is 9.87. The minimum absolute atomic E-state index is 0.440. The first-order valence-electron chi connectivity index (χ1n) is 3.09. The van der Waals surface area contributed by atoms with Gasteiger partial charge in [-0.25, -0.2) is 0 Å². The van der Waals surface area contributed by atoms with Gasteiger partial charge in [0.1, 0.15) is 0 Å². The van der Waals surface area contributed by atoms with Crippen LogP contribution >= 0.6 is 0 Å². The third kappa shape index (κ3) is 3.81. The molecule has 0 heterocycles. The number of hydrogen-bond acceptors (Lipinski definition) is 3. The number of hydrogen-bond donors (Lipinski definition) is 2. The molecule has 0 spiro atoms. The maximum atomic E-state index is 10.4. The smallest absolute Gasteiger partial charge is 0.267 e. The molecular formula is C5H13NO3S. The van der Waals surface area contributed by atoms with E-state index in [0.29, 0.717) is 13.0 Å². The largest absolute Gasteiger partial charge is 0.320 e. The van der Waals surface area contributed by atoms with Crippen LogP contribution in [0.15, 0.2) is 0 Å². The highest BCUT2D eigenvalue weighted by Gasteiger charge is 2.15. The zero-order valence-corrected chi connectivity index (χ0v) is 6.98. The molecule has 0 radical (unpaired) electrons. The van der Waals surface area contributed by atoms with Crippen molar-refractivity contribution in [2.75, 3.05) is 13.6 Å². The monoisotopic (exact) mass is 167 g/mol. The van der Waals surface area contributed by atoms with E-state index in [1.54, 1.807) is 7.05 Å². The lowest BCUT2D eigenvalue weighted by atomic mass is 10.3. The van der Waals surface area contributed by atoms with Gasteiger partial charge in [-0.1, -0.05) is 0 Å². The summed E-state index contributed by atoms with van der Waals surface area (Å²) in [5, 5.41) is 2.13. The maximum absolute atomic E-state index is 10.4. The summed E-state index contributed by atoms with van der Waals surface area (Å²) in [4.78, 5) is 0. The molecule has 0 saturated carbocycles. The highest BCUT2D eigenvalue weighted by molar-refractivity contribution is 7.86. The Morgan fingerprint density at radius 2 is 2.10 bits per heavy atom. The summed E-state index contributed by atoms with van der Waals surface area (Å²) in [6.45, 7) is 2.08. The Hall–Kier alpha value is -0.130. The van der Waals surface area contributed by atoms with Gasteiger partial charge in [0, 0.05) is 0 Å². The summed E-state index contributed by atoms with van der Waals surface area (Å²) in [7, 11) is -2.08. The highest BCUT2D eigenvalue weighted by Crippen LogP contribution is 2.00. The van der Waals surface area contributed by atoms with Crippen LogP contribution < -0.4 is 5.32 Å². The molecule has 0 rings (SSSR count). The molecule has 0 bridgehead atoms. The minimum atomic E-state index is -3.82. The van der Waals surface area contributed by atoms with Crippen molar-refractivity contribution in [3.8, 4) is 0 Å². The van der Waals surface area contributed by atoms with Crippen molar-refractivity contribution in [1.29, 1.82) is 0 Å². The zero-order valence-electron chi connectivity index (χ0n) is 6.16. The van der Waals surface area contributed by atoms with Crippen LogP contribution in [-0.2, 0) is 10.1 Å².